The summed E-state index contributed by atoms with van der Waals surface area (Å²) in [4.78, 5) is 13.6. The molecular formula is C21H32N6S. The molecule has 0 spiro atoms. The molecule has 2 heterocycles. The van der Waals surface area contributed by atoms with Crippen LogP contribution >= 0.6 is 11.3 Å². The number of piperidine rings is 1. The van der Waals surface area contributed by atoms with Crippen LogP contribution in [-0.2, 0) is 13.1 Å². The van der Waals surface area contributed by atoms with E-state index in [9.17, 15) is 0 Å². The lowest BCUT2D eigenvalue weighted by molar-refractivity contribution is 0.198. The summed E-state index contributed by atoms with van der Waals surface area (Å²) in [6.07, 6.45) is 2.27. The van der Waals surface area contributed by atoms with Crippen molar-refractivity contribution in [1.29, 1.82) is 0 Å². The van der Waals surface area contributed by atoms with Gasteiger partial charge < -0.3 is 15.5 Å². The van der Waals surface area contributed by atoms with Gasteiger partial charge in [0, 0.05) is 52.2 Å². The van der Waals surface area contributed by atoms with Crippen molar-refractivity contribution in [2.45, 2.75) is 38.9 Å². The Labute approximate surface area is 172 Å². The second kappa shape index (κ2) is 9.89. The molecule has 0 radical (unpaired) electrons. The number of hydrogen-bond acceptors (Lipinski definition) is 5. The zero-order valence-electron chi connectivity index (χ0n) is 17.4. The highest BCUT2D eigenvalue weighted by Gasteiger charge is 2.20. The quantitative estimate of drug-likeness (QED) is 0.577. The van der Waals surface area contributed by atoms with Gasteiger partial charge >= 0.3 is 0 Å². The highest BCUT2D eigenvalue weighted by atomic mass is 32.1. The number of aromatic nitrogens is 1. The van der Waals surface area contributed by atoms with Gasteiger partial charge in [-0.15, -0.1) is 11.3 Å². The molecule has 1 fully saturated rings. The Kier molecular flexibility index (Phi) is 7.28. The van der Waals surface area contributed by atoms with Gasteiger partial charge in [-0.25, -0.2) is 4.98 Å². The van der Waals surface area contributed by atoms with Crippen LogP contribution in [0.2, 0.25) is 0 Å². The zero-order valence-corrected chi connectivity index (χ0v) is 18.2. The molecule has 1 aromatic heterocycles. The molecule has 6 nitrogen and oxygen atoms in total. The number of anilines is 1. The van der Waals surface area contributed by atoms with Gasteiger partial charge in [0.15, 0.2) is 11.1 Å². The maximum Gasteiger partial charge on any atom is 0.191 e. The van der Waals surface area contributed by atoms with E-state index in [0.717, 1.165) is 49.3 Å². The Morgan fingerprint density at radius 1 is 1.29 bits per heavy atom. The van der Waals surface area contributed by atoms with Crippen molar-refractivity contribution >= 4 is 22.4 Å². The molecule has 0 saturated carbocycles. The number of thiazole rings is 1. The normalized spacial score (nSPS) is 16.2. The van der Waals surface area contributed by atoms with Crippen LogP contribution in [0.25, 0.3) is 0 Å². The fraction of sp³-hybridized carbons (Fsp3) is 0.524. The highest BCUT2D eigenvalue weighted by molar-refractivity contribution is 7.13. The summed E-state index contributed by atoms with van der Waals surface area (Å²) >= 11 is 1.66. The maximum atomic E-state index is 4.61. The fourth-order valence-corrected chi connectivity index (χ4v) is 4.17. The van der Waals surface area contributed by atoms with Gasteiger partial charge in [-0.1, -0.05) is 24.3 Å². The summed E-state index contributed by atoms with van der Waals surface area (Å²) in [6.45, 7) is 6.16. The number of benzene rings is 1. The fourth-order valence-electron chi connectivity index (χ4n) is 3.41. The van der Waals surface area contributed by atoms with E-state index in [1.54, 1.807) is 11.3 Å². The summed E-state index contributed by atoms with van der Waals surface area (Å²) in [7, 11) is 5.86. The molecule has 7 heteroatoms. The molecule has 2 N–H and O–H groups in total. The summed E-state index contributed by atoms with van der Waals surface area (Å²) in [5, 5.41) is 10.1. The molecule has 28 heavy (non-hydrogen) atoms. The van der Waals surface area contributed by atoms with Crippen LogP contribution in [0.5, 0.6) is 0 Å². The lowest BCUT2D eigenvalue weighted by Gasteiger charge is -2.33. The number of hydrogen-bond donors (Lipinski definition) is 2. The third-order valence-electron chi connectivity index (χ3n) is 5.17. The van der Waals surface area contributed by atoms with Gasteiger partial charge in [-0.2, -0.15) is 0 Å². The Morgan fingerprint density at radius 3 is 2.68 bits per heavy atom. The molecule has 3 rings (SSSR count). The van der Waals surface area contributed by atoms with Crippen molar-refractivity contribution in [2.75, 3.05) is 39.1 Å². The van der Waals surface area contributed by atoms with Crippen LogP contribution in [0.4, 0.5) is 5.13 Å². The summed E-state index contributed by atoms with van der Waals surface area (Å²) in [6, 6.07) is 9.15. The minimum Gasteiger partial charge on any atom is -0.354 e. The van der Waals surface area contributed by atoms with Crippen molar-refractivity contribution in [3.8, 4) is 0 Å². The second-order valence-electron chi connectivity index (χ2n) is 7.56. The lowest BCUT2D eigenvalue weighted by atomic mass is 10.0. The Morgan fingerprint density at radius 2 is 2.04 bits per heavy atom. The Balaban J connectivity index is 1.43. The van der Waals surface area contributed by atoms with Crippen LogP contribution in [0.3, 0.4) is 0 Å². The molecule has 1 aromatic carbocycles. The maximum absolute atomic E-state index is 4.61. The third kappa shape index (κ3) is 5.69. The van der Waals surface area contributed by atoms with Crippen LogP contribution < -0.4 is 15.5 Å². The Bertz CT molecular complexity index is 777. The van der Waals surface area contributed by atoms with Crippen molar-refractivity contribution in [1.82, 2.24) is 20.5 Å². The summed E-state index contributed by atoms with van der Waals surface area (Å²) in [5.41, 5.74) is 3.86. The minimum atomic E-state index is 0.465. The standard InChI is InChI=1S/C21H32N6S/c1-16-7-5-6-8-17(16)14-27-11-9-18(10-12-27)24-20(22-2)23-13-19-15-28-21(25-19)26(3)4/h5-8,15,18H,9-14H2,1-4H3,(H2,22,23,24). The van der Waals surface area contributed by atoms with Gasteiger partial charge in [0.05, 0.1) is 12.2 Å². The monoisotopic (exact) mass is 400 g/mol. The number of nitrogens with one attached hydrogen (secondary N) is 2. The van der Waals surface area contributed by atoms with Gasteiger partial charge in [-0.3, -0.25) is 9.89 Å². The lowest BCUT2D eigenvalue weighted by Crippen LogP contribution is -2.48. The number of aliphatic imine (C=N–C) groups is 1. The van der Waals surface area contributed by atoms with Crippen LogP contribution in [0, 0.1) is 6.92 Å². The van der Waals surface area contributed by atoms with E-state index in [2.05, 4.69) is 62.1 Å². The molecular weight excluding hydrogens is 368 g/mol. The molecule has 1 aliphatic heterocycles. The van der Waals surface area contributed by atoms with E-state index in [1.807, 2.05) is 26.0 Å². The number of likely N-dealkylation sites (tertiary alicyclic amines) is 1. The van der Waals surface area contributed by atoms with Gasteiger partial charge in [-0.05, 0) is 30.9 Å². The van der Waals surface area contributed by atoms with Crippen molar-refractivity contribution in [3.05, 3.63) is 46.5 Å². The topological polar surface area (TPSA) is 55.8 Å². The van der Waals surface area contributed by atoms with Crippen LogP contribution in [0.1, 0.15) is 29.7 Å². The third-order valence-corrected chi connectivity index (χ3v) is 6.22. The number of aryl methyl sites for hydroxylation is 1. The smallest absolute Gasteiger partial charge is 0.191 e. The van der Waals surface area contributed by atoms with Crippen molar-refractivity contribution in [3.63, 3.8) is 0 Å². The number of rotatable bonds is 6. The van der Waals surface area contributed by atoms with Crippen molar-refractivity contribution in [2.24, 2.45) is 4.99 Å². The SMILES string of the molecule is CN=C(NCc1csc(N(C)C)n1)NC1CCN(Cc2ccccc2C)CC1. The molecule has 152 valence electrons. The number of nitrogens with zero attached hydrogens (tertiary/aromatic N) is 4. The molecule has 0 atom stereocenters. The molecule has 0 amide bonds. The molecule has 0 aliphatic carbocycles. The van der Waals surface area contributed by atoms with Gasteiger partial charge in [0.25, 0.3) is 0 Å². The first-order valence-electron chi connectivity index (χ1n) is 9.91. The number of guanidine groups is 1. The highest BCUT2D eigenvalue weighted by Crippen LogP contribution is 2.18. The van der Waals surface area contributed by atoms with E-state index < -0.39 is 0 Å². The predicted octanol–water partition coefficient (Wildman–Crippen LogP) is 2.85. The summed E-state index contributed by atoms with van der Waals surface area (Å²) < 4.78 is 0. The Hall–Kier alpha value is -2.12. The minimum absolute atomic E-state index is 0.465. The van der Waals surface area contributed by atoms with E-state index in [-0.39, 0.29) is 0 Å². The molecule has 0 unspecified atom stereocenters. The molecule has 1 aliphatic rings. The van der Waals surface area contributed by atoms with E-state index in [0.29, 0.717) is 12.6 Å². The first-order chi connectivity index (χ1) is 13.5. The average molecular weight is 401 g/mol. The van der Waals surface area contributed by atoms with E-state index in [1.165, 1.54) is 11.1 Å². The molecule has 2 aromatic rings. The van der Waals surface area contributed by atoms with Gasteiger partial charge in [0.2, 0.25) is 0 Å². The largest absolute Gasteiger partial charge is 0.354 e. The summed E-state index contributed by atoms with van der Waals surface area (Å²) in [5.74, 6) is 0.858. The van der Waals surface area contributed by atoms with Crippen LogP contribution in [-0.4, -0.2) is 56.1 Å². The van der Waals surface area contributed by atoms with E-state index in [4.69, 9.17) is 0 Å². The average Bonchev–Trinajstić information content (AvgIpc) is 3.17. The molecule has 0 bridgehead atoms. The predicted molar refractivity (Wildman–Crippen MR) is 119 cm³/mol. The zero-order chi connectivity index (χ0) is 19.9. The first-order valence-corrected chi connectivity index (χ1v) is 10.8. The van der Waals surface area contributed by atoms with E-state index >= 15 is 0 Å². The first kappa shape index (κ1) is 20.6. The van der Waals surface area contributed by atoms with Crippen LogP contribution in [0.15, 0.2) is 34.6 Å². The van der Waals surface area contributed by atoms with Crippen molar-refractivity contribution < 1.29 is 0 Å². The second-order valence-corrected chi connectivity index (χ2v) is 8.40. The molecule has 1 saturated heterocycles. The van der Waals surface area contributed by atoms with Gasteiger partial charge in [0.1, 0.15) is 0 Å².